The highest BCUT2D eigenvalue weighted by molar-refractivity contribution is 7.89. The second-order valence-corrected chi connectivity index (χ2v) is 8.22. The molecule has 0 aliphatic heterocycles. The molecule has 1 N–H and O–H groups in total. The molecule has 0 bridgehead atoms. The summed E-state index contributed by atoms with van der Waals surface area (Å²) < 4.78 is 26.7. The Morgan fingerprint density at radius 1 is 1.30 bits per heavy atom. The number of carbonyl (C=O) groups is 1. The van der Waals surface area contributed by atoms with Gasteiger partial charge in [-0.25, -0.2) is 13.1 Å². The fraction of sp³-hybridized carbons (Fsp3) is 0.588. The molecule has 0 saturated heterocycles. The predicted molar refractivity (Wildman–Crippen MR) is 90.8 cm³/mol. The summed E-state index contributed by atoms with van der Waals surface area (Å²) in [6, 6.07) is 6.72. The Kier molecular flexibility index (Phi) is 5.47. The number of hydrogen-bond donors (Lipinski definition) is 1. The molecule has 0 heterocycles. The van der Waals surface area contributed by atoms with E-state index < -0.39 is 10.0 Å². The highest BCUT2D eigenvalue weighted by atomic mass is 32.2. The van der Waals surface area contributed by atoms with Crippen LogP contribution in [0.2, 0.25) is 0 Å². The van der Waals surface area contributed by atoms with Crippen molar-refractivity contribution in [3.63, 3.8) is 0 Å². The van der Waals surface area contributed by atoms with Crippen molar-refractivity contribution in [1.82, 2.24) is 9.62 Å². The van der Waals surface area contributed by atoms with Crippen LogP contribution >= 0.6 is 0 Å². The van der Waals surface area contributed by atoms with Gasteiger partial charge in [0.2, 0.25) is 10.0 Å². The van der Waals surface area contributed by atoms with Crippen LogP contribution in [0.1, 0.15) is 50.9 Å². The molecule has 0 spiro atoms. The summed E-state index contributed by atoms with van der Waals surface area (Å²) in [4.78, 5) is 15.0. The van der Waals surface area contributed by atoms with Crippen molar-refractivity contribution in [1.29, 1.82) is 0 Å². The Balaban J connectivity index is 2.32. The standard InChI is InChI=1S/C17H26N2O3S/c1-5-18-23(21,22)16-8-6-7-14(11-16)17(20)19(15-9-10-15)13(4)12(2)3/h6-8,11-13,15,18H,5,9-10H2,1-4H3/t13-/m0/s1. The average molecular weight is 338 g/mol. The second-order valence-electron chi connectivity index (χ2n) is 6.46. The van der Waals surface area contributed by atoms with Gasteiger partial charge in [-0.3, -0.25) is 4.79 Å². The van der Waals surface area contributed by atoms with Gasteiger partial charge in [0.15, 0.2) is 0 Å². The van der Waals surface area contributed by atoms with Crippen LogP contribution in [-0.2, 0) is 10.0 Å². The van der Waals surface area contributed by atoms with E-state index in [1.54, 1.807) is 19.1 Å². The van der Waals surface area contributed by atoms with E-state index in [9.17, 15) is 13.2 Å². The number of rotatable bonds is 7. The zero-order chi connectivity index (χ0) is 17.2. The normalized spacial score (nSPS) is 16.4. The maximum Gasteiger partial charge on any atom is 0.254 e. The smallest absolute Gasteiger partial charge is 0.254 e. The fourth-order valence-corrected chi connectivity index (χ4v) is 3.66. The van der Waals surface area contributed by atoms with E-state index >= 15 is 0 Å². The highest BCUT2D eigenvalue weighted by Gasteiger charge is 2.37. The first-order valence-electron chi connectivity index (χ1n) is 8.20. The zero-order valence-corrected chi connectivity index (χ0v) is 15.1. The minimum absolute atomic E-state index is 0.0813. The van der Waals surface area contributed by atoms with Crippen molar-refractivity contribution in [2.75, 3.05) is 6.54 Å². The van der Waals surface area contributed by atoms with Gasteiger partial charge >= 0.3 is 0 Å². The predicted octanol–water partition coefficient (Wildman–Crippen LogP) is 2.63. The van der Waals surface area contributed by atoms with Crippen molar-refractivity contribution >= 4 is 15.9 Å². The monoisotopic (exact) mass is 338 g/mol. The van der Waals surface area contributed by atoms with E-state index in [1.807, 2.05) is 4.90 Å². The Morgan fingerprint density at radius 2 is 1.96 bits per heavy atom. The third kappa shape index (κ3) is 4.12. The molecule has 23 heavy (non-hydrogen) atoms. The first-order chi connectivity index (χ1) is 10.8. The van der Waals surface area contributed by atoms with Crippen LogP contribution in [-0.4, -0.2) is 37.9 Å². The number of hydrogen-bond acceptors (Lipinski definition) is 3. The second kappa shape index (κ2) is 7.01. The largest absolute Gasteiger partial charge is 0.333 e. The number of nitrogens with one attached hydrogen (secondary N) is 1. The SMILES string of the molecule is CCNS(=O)(=O)c1cccc(C(=O)N(C2CC2)[C@@H](C)C(C)C)c1. The highest BCUT2D eigenvalue weighted by Crippen LogP contribution is 2.32. The van der Waals surface area contributed by atoms with E-state index in [0.29, 0.717) is 18.0 Å². The molecule has 1 aromatic carbocycles. The number of carbonyl (C=O) groups excluding carboxylic acids is 1. The van der Waals surface area contributed by atoms with Crippen molar-refractivity contribution < 1.29 is 13.2 Å². The van der Waals surface area contributed by atoms with E-state index in [-0.39, 0.29) is 22.9 Å². The summed E-state index contributed by atoms with van der Waals surface area (Å²) in [5.74, 6) is 0.274. The van der Waals surface area contributed by atoms with Gasteiger partial charge in [-0.15, -0.1) is 0 Å². The van der Waals surface area contributed by atoms with Gasteiger partial charge in [-0.05, 0) is 43.9 Å². The third-order valence-electron chi connectivity index (χ3n) is 4.30. The van der Waals surface area contributed by atoms with E-state index in [4.69, 9.17) is 0 Å². The summed E-state index contributed by atoms with van der Waals surface area (Å²) in [7, 11) is -3.55. The minimum Gasteiger partial charge on any atom is -0.333 e. The van der Waals surface area contributed by atoms with Crippen LogP contribution in [0.3, 0.4) is 0 Å². The summed E-state index contributed by atoms with van der Waals surface area (Å²) in [5.41, 5.74) is 0.434. The van der Waals surface area contributed by atoms with Gasteiger partial charge in [0, 0.05) is 24.2 Å². The van der Waals surface area contributed by atoms with Crippen LogP contribution in [0, 0.1) is 5.92 Å². The zero-order valence-electron chi connectivity index (χ0n) is 14.2. The number of amides is 1. The summed E-state index contributed by atoms with van der Waals surface area (Å²) in [5, 5.41) is 0. The molecule has 6 heteroatoms. The third-order valence-corrected chi connectivity index (χ3v) is 5.85. The first-order valence-corrected chi connectivity index (χ1v) is 9.68. The van der Waals surface area contributed by atoms with E-state index in [0.717, 1.165) is 12.8 Å². The van der Waals surface area contributed by atoms with Gasteiger partial charge in [0.05, 0.1) is 4.90 Å². The molecule has 1 fully saturated rings. The first kappa shape index (κ1) is 17.9. The summed E-state index contributed by atoms with van der Waals surface area (Å²) >= 11 is 0. The lowest BCUT2D eigenvalue weighted by Crippen LogP contribution is -2.43. The van der Waals surface area contributed by atoms with Crippen LogP contribution in [0.5, 0.6) is 0 Å². The molecule has 1 atom stereocenters. The van der Waals surface area contributed by atoms with Crippen LogP contribution in [0.15, 0.2) is 29.2 Å². The van der Waals surface area contributed by atoms with Crippen molar-refractivity contribution in [3.8, 4) is 0 Å². The lowest BCUT2D eigenvalue weighted by molar-refractivity contribution is 0.0627. The quantitative estimate of drug-likeness (QED) is 0.831. The molecule has 5 nitrogen and oxygen atoms in total. The molecular formula is C17H26N2O3S. The molecule has 1 aliphatic carbocycles. The van der Waals surface area contributed by atoms with Gasteiger partial charge in [0.1, 0.15) is 0 Å². The lowest BCUT2D eigenvalue weighted by Gasteiger charge is -2.32. The van der Waals surface area contributed by atoms with Gasteiger partial charge in [-0.2, -0.15) is 0 Å². The Morgan fingerprint density at radius 3 is 2.48 bits per heavy atom. The van der Waals surface area contributed by atoms with Crippen LogP contribution < -0.4 is 4.72 Å². The minimum atomic E-state index is -3.55. The van der Waals surface area contributed by atoms with E-state index in [2.05, 4.69) is 25.5 Å². The number of benzene rings is 1. The van der Waals surface area contributed by atoms with Gasteiger partial charge in [-0.1, -0.05) is 26.8 Å². The molecule has 1 amide bonds. The topological polar surface area (TPSA) is 66.5 Å². The van der Waals surface area contributed by atoms with E-state index in [1.165, 1.54) is 12.1 Å². The van der Waals surface area contributed by atoms with Crippen molar-refractivity contribution in [2.45, 2.75) is 57.5 Å². The molecule has 0 unspecified atom stereocenters. The number of sulfonamides is 1. The Labute approximate surface area is 139 Å². The maximum absolute atomic E-state index is 12.9. The molecule has 0 radical (unpaired) electrons. The summed E-state index contributed by atoms with van der Waals surface area (Å²) in [6.07, 6.45) is 2.05. The molecule has 128 valence electrons. The molecule has 1 saturated carbocycles. The molecule has 2 rings (SSSR count). The lowest BCUT2D eigenvalue weighted by atomic mass is 10.0. The number of nitrogens with zero attached hydrogens (tertiary/aromatic N) is 1. The molecule has 1 aliphatic rings. The van der Waals surface area contributed by atoms with Crippen molar-refractivity contribution in [2.24, 2.45) is 5.92 Å². The maximum atomic E-state index is 12.9. The molecular weight excluding hydrogens is 312 g/mol. The molecule has 0 aromatic heterocycles. The summed E-state index contributed by atoms with van der Waals surface area (Å²) in [6.45, 7) is 8.30. The Hall–Kier alpha value is -1.40. The fourth-order valence-electron chi connectivity index (χ4n) is 2.58. The van der Waals surface area contributed by atoms with Gasteiger partial charge in [0.25, 0.3) is 5.91 Å². The average Bonchev–Trinajstić information content (AvgIpc) is 3.32. The molecule has 1 aromatic rings. The Bertz CT molecular complexity index is 666. The van der Waals surface area contributed by atoms with Crippen LogP contribution in [0.25, 0.3) is 0 Å². The van der Waals surface area contributed by atoms with Gasteiger partial charge < -0.3 is 4.90 Å². The van der Waals surface area contributed by atoms with Crippen molar-refractivity contribution in [3.05, 3.63) is 29.8 Å². The van der Waals surface area contributed by atoms with Crippen LogP contribution in [0.4, 0.5) is 0 Å².